The van der Waals surface area contributed by atoms with Crippen LogP contribution in [-0.2, 0) is 0 Å². The lowest BCUT2D eigenvalue weighted by atomic mass is 10.0. The fraction of sp³-hybridized carbons (Fsp3) is 0.0308. The molecule has 648 valence electrons. The molecule has 0 unspecified atom stereocenters. The van der Waals surface area contributed by atoms with Crippen molar-refractivity contribution in [2.24, 2.45) is 0 Å². The van der Waals surface area contributed by atoms with E-state index in [9.17, 15) is 0 Å². The average Bonchev–Trinajstić information content (AvgIpc) is 1.56. The number of anilines is 3. The number of rotatable bonds is 13. The number of aromatic nitrogens is 6. The highest BCUT2D eigenvalue weighted by Gasteiger charge is 2.23. The number of hydrogen-bond donors (Lipinski definition) is 0. The van der Waals surface area contributed by atoms with E-state index in [-0.39, 0.29) is 0 Å². The zero-order valence-electron chi connectivity index (χ0n) is 76.4. The number of benzene rings is 21. The summed E-state index contributed by atoms with van der Waals surface area (Å²) in [6.45, 7) is 8.58. The Morgan fingerprint density at radius 2 is 0.321 bits per heavy atom. The van der Waals surface area contributed by atoms with Gasteiger partial charge in [-0.2, -0.15) is 0 Å². The van der Waals surface area contributed by atoms with Crippen LogP contribution in [0.4, 0.5) is 17.1 Å². The Bertz CT molecular complexity index is 8830. The highest BCUT2D eigenvalue weighted by molar-refractivity contribution is 6.17. The van der Waals surface area contributed by atoms with Crippen LogP contribution in [0.1, 0.15) is 22.3 Å². The van der Waals surface area contributed by atoms with Crippen molar-refractivity contribution in [1.82, 2.24) is 27.4 Å². The molecule has 6 heterocycles. The first-order chi connectivity index (χ1) is 67.6. The predicted molar refractivity (Wildman–Crippen MR) is 581 cm³/mol. The number of aryl methyl sites for hydroxylation is 4. The van der Waals surface area contributed by atoms with Crippen molar-refractivity contribution in [1.29, 1.82) is 0 Å². The summed E-state index contributed by atoms with van der Waals surface area (Å²) in [5, 5.41) is 15.2. The van der Waals surface area contributed by atoms with Crippen LogP contribution in [0.25, 0.3) is 209 Å². The molecular weight excluding hydrogens is 1660 g/mol. The lowest BCUT2D eigenvalue weighted by Gasteiger charge is -2.26. The molecule has 0 spiro atoms. The quantitative estimate of drug-likeness (QED) is 0.113. The fourth-order valence-corrected chi connectivity index (χ4v) is 21.3. The molecular formula is C130H93N7. The molecule has 0 saturated heterocycles. The first kappa shape index (κ1) is 81.2. The number of fused-ring (bicyclic) bond motifs is 18. The van der Waals surface area contributed by atoms with E-state index in [1.165, 1.54) is 232 Å². The number of para-hydroxylation sites is 9. The largest absolute Gasteiger partial charge is 0.311 e. The van der Waals surface area contributed by atoms with Crippen molar-refractivity contribution in [3.8, 4) is 78.6 Å². The van der Waals surface area contributed by atoms with Crippen LogP contribution in [-0.4, -0.2) is 27.4 Å². The first-order valence-electron chi connectivity index (χ1n) is 47.2. The maximum atomic E-state index is 2.39. The van der Waals surface area contributed by atoms with Crippen molar-refractivity contribution in [3.63, 3.8) is 0 Å². The average molecular weight is 1750 g/mol. The fourth-order valence-electron chi connectivity index (χ4n) is 21.3. The van der Waals surface area contributed by atoms with E-state index in [0.29, 0.717) is 0 Å². The molecule has 27 aromatic rings. The van der Waals surface area contributed by atoms with Crippen LogP contribution in [0.15, 0.2) is 491 Å². The minimum Gasteiger partial charge on any atom is -0.311 e. The molecule has 0 amide bonds. The van der Waals surface area contributed by atoms with E-state index in [1.807, 2.05) is 0 Å². The summed E-state index contributed by atoms with van der Waals surface area (Å²) in [4.78, 5) is 2.33. The van der Waals surface area contributed by atoms with E-state index >= 15 is 0 Å². The Labute approximate surface area is 794 Å². The van der Waals surface area contributed by atoms with Gasteiger partial charge < -0.3 is 32.3 Å². The highest BCUT2D eigenvalue weighted by Crippen LogP contribution is 2.46. The molecule has 6 aromatic heterocycles. The molecule has 21 aromatic carbocycles. The van der Waals surface area contributed by atoms with E-state index in [1.54, 1.807) is 0 Å². The summed E-state index contributed by atoms with van der Waals surface area (Å²) in [6, 6.07) is 179. The van der Waals surface area contributed by atoms with Gasteiger partial charge in [0.25, 0.3) is 0 Å². The van der Waals surface area contributed by atoms with Gasteiger partial charge in [-0.1, -0.05) is 284 Å². The molecule has 0 atom stereocenters. The molecule has 0 aliphatic heterocycles. The Kier molecular flexibility index (Phi) is 20.0. The maximum absolute atomic E-state index is 2.39. The van der Waals surface area contributed by atoms with Gasteiger partial charge in [0, 0.05) is 116 Å². The molecule has 0 aliphatic carbocycles. The number of nitrogens with zero attached hydrogens (tertiary/aromatic N) is 7. The van der Waals surface area contributed by atoms with E-state index < -0.39 is 0 Å². The van der Waals surface area contributed by atoms with Crippen molar-refractivity contribution >= 4 is 148 Å². The van der Waals surface area contributed by atoms with Gasteiger partial charge in [-0.05, 0) is 302 Å². The van der Waals surface area contributed by atoms with Gasteiger partial charge in [-0.25, -0.2) is 0 Å². The lowest BCUT2D eigenvalue weighted by Crippen LogP contribution is -2.09. The van der Waals surface area contributed by atoms with Crippen LogP contribution >= 0.6 is 0 Å². The lowest BCUT2D eigenvalue weighted by molar-refractivity contribution is 1.17. The molecule has 7 nitrogen and oxygen atoms in total. The summed E-state index contributed by atoms with van der Waals surface area (Å²) in [5.74, 6) is 0. The van der Waals surface area contributed by atoms with Gasteiger partial charge in [0.2, 0.25) is 0 Å². The zero-order chi connectivity index (χ0) is 91.3. The van der Waals surface area contributed by atoms with Crippen LogP contribution in [0.2, 0.25) is 0 Å². The second kappa shape index (κ2) is 33.8. The molecule has 0 radical (unpaired) electrons. The molecule has 137 heavy (non-hydrogen) atoms. The summed E-state index contributed by atoms with van der Waals surface area (Å²) >= 11 is 0. The first-order valence-corrected chi connectivity index (χ1v) is 47.2. The molecule has 7 heteroatoms. The van der Waals surface area contributed by atoms with Crippen LogP contribution in [0, 0.1) is 27.7 Å². The molecule has 0 aliphatic rings. The van der Waals surface area contributed by atoms with Crippen LogP contribution < -0.4 is 4.90 Å². The summed E-state index contributed by atoms with van der Waals surface area (Å²) < 4.78 is 14.3. The van der Waals surface area contributed by atoms with E-state index in [0.717, 1.165) is 17.1 Å². The van der Waals surface area contributed by atoms with Gasteiger partial charge in [0.15, 0.2) is 0 Å². The third kappa shape index (κ3) is 14.3. The van der Waals surface area contributed by atoms with Crippen molar-refractivity contribution in [3.05, 3.63) is 514 Å². The van der Waals surface area contributed by atoms with Gasteiger partial charge >= 0.3 is 0 Å². The highest BCUT2D eigenvalue weighted by atomic mass is 15.1. The predicted octanol–water partition coefficient (Wildman–Crippen LogP) is 35.0. The SMILES string of the molecule is Cc1ccc(-n2c3ccccc3c3cc(-c4ccc5c(c4)c4ccccc4n5-c4ccc(C)cc4)ccc32)cc1.Cc1cccc(-n2c3ccccc3c3cc(-c4ccc5c(c4)c4ccccc4n5-c4cccc(C)c4)ccc32)c1.c1ccc(N(c2ccc(-c3ccc4c(c3)c3ccccc3n4-c3ccccc3)cc2)c2ccc(-c3ccc4c(c3)c3ccccc3n4-c3ccccc3)cc2)cc1. The normalized spacial score (nSPS) is 11.6. The van der Waals surface area contributed by atoms with Crippen molar-refractivity contribution in [2.45, 2.75) is 27.7 Å². The minimum absolute atomic E-state index is 1.11. The Hall–Kier alpha value is -17.8. The van der Waals surface area contributed by atoms with E-state index in [2.05, 4.69) is 551 Å². The van der Waals surface area contributed by atoms with Crippen molar-refractivity contribution < 1.29 is 0 Å². The third-order valence-corrected chi connectivity index (χ3v) is 27.8. The summed E-state index contributed by atoms with van der Waals surface area (Å²) in [5.41, 5.74) is 39.9. The van der Waals surface area contributed by atoms with E-state index in [4.69, 9.17) is 0 Å². The molecule has 0 fully saturated rings. The standard InChI is InChI=1S/C54H37N3.2C38H28N2/c1-4-14-42(15-5-1)55(45-30-24-38(25-31-45)40-28-34-53-49(36-40)47-20-10-12-22-51(47)56(53)43-16-6-2-7-17-43)46-32-26-39(27-33-46)41-29-35-54-50(37-41)48-21-11-13-23-52(48)57(54)44-18-8-3-9-19-44;1-25-9-7-11-29(21-25)39-35-15-5-3-13-31(35)33-23-27(17-19-37(33)39)28-18-20-38-34(24-28)32-14-4-6-16-36(32)40(38)30-12-8-10-26(2)22-30;1-25-11-17-29(18-12-25)39-35-9-5-3-7-31(35)33-23-27(15-21-37(33)39)28-16-22-38-34(24-28)32-8-4-6-10-36(32)40(38)30-19-13-26(2)14-20-30/h1-37H;2*3-24H,1-2H3. The molecule has 0 saturated carbocycles. The maximum Gasteiger partial charge on any atom is 0.0541 e. The molecule has 0 bridgehead atoms. The topological polar surface area (TPSA) is 32.8 Å². The smallest absolute Gasteiger partial charge is 0.0541 e. The Morgan fingerprint density at radius 3 is 0.584 bits per heavy atom. The van der Waals surface area contributed by atoms with Gasteiger partial charge in [-0.15, -0.1) is 0 Å². The second-order valence-electron chi connectivity index (χ2n) is 36.3. The van der Waals surface area contributed by atoms with Gasteiger partial charge in [0.1, 0.15) is 0 Å². The van der Waals surface area contributed by atoms with Gasteiger partial charge in [-0.3, -0.25) is 0 Å². The third-order valence-electron chi connectivity index (χ3n) is 27.8. The second-order valence-corrected chi connectivity index (χ2v) is 36.3. The van der Waals surface area contributed by atoms with Crippen LogP contribution in [0.3, 0.4) is 0 Å². The van der Waals surface area contributed by atoms with Crippen LogP contribution in [0.5, 0.6) is 0 Å². The summed E-state index contributed by atoms with van der Waals surface area (Å²) in [7, 11) is 0. The molecule has 27 rings (SSSR count). The monoisotopic (exact) mass is 1750 g/mol. The molecule has 0 N–H and O–H groups in total. The minimum atomic E-state index is 1.11. The van der Waals surface area contributed by atoms with Gasteiger partial charge in [0.05, 0.1) is 66.2 Å². The van der Waals surface area contributed by atoms with Crippen molar-refractivity contribution in [2.75, 3.05) is 4.90 Å². The number of hydrogen-bond acceptors (Lipinski definition) is 1. The zero-order valence-corrected chi connectivity index (χ0v) is 76.4. The summed E-state index contributed by atoms with van der Waals surface area (Å²) in [6.07, 6.45) is 0. The Morgan fingerprint density at radius 1 is 0.124 bits per heavy atom. The Balaban J connectivity index is 0.000000112.